The molecule has 43 heavy (non-hydrogen) atoms. The van der Waals surface area contributed by atoms with Crippen molar-refractivity contribution < 1.29 is 36.2 Å². The molecule has 2 heterocycles. The highest BCUT2D eigenvalue weighted by molar-refractivity contribution is 7.89. The summed E-state index contributed by atoms with van der Waals surface area (Å²) in [6, 6.07) is 12.4. The van der Waals surface area contributed by atoms with Crippen molar-refractivity contribution in [3.63, 3.8) is 0 Å². The molecule has 1 aromatic heterocycles. The predicted octanol–water partition coefficient (Wildman–Crippen LogP) is 6.71. The standard InChI is InChI=1S/C30H30Cl2F2N2O6S/c31-24-15-35-16-25(32)23(24)14-27(20-10-11-26(42-30(33)34)28(13-20)40-18-19-8-9-19)41-29(37)21-5-4-12-36(17-21)43(38,39)22-6-2-1-3-7-22/h1-3,6-7,10-11,13,15-16,19,21,27,30H,4-5,8-9,12,14,17-18H2. The molecule has 0 bridgehead atoms. The zero-order valence-corrected chi connectivity index (χ0v) is 25.3. The third-order valence-electron chi connectivity index (χ3n) is 7.43. The summed E-state index contributed by atoms with van der Waals surface area (Å²) in [7, 11) is -3.81. The van der Waals surface area contributed by atoms with E-state index in [9.17, 15) is 22.0 Å². The lowest BCUT2D eigenvalue weighted by atomic mass is 9.98. The Morgan fingerprint density at radius 2 is 1.74 bits per heavy atom. The Bertz CT molecular complexity index is 1520. The summed E-state index contributed by atoms with van der Waals surface area (Å²) in [4.78, 5) is 17.7. The van der Waals surface area contributed by atoms with Crippen molar-refractivity contribution in [1.82, 2.24) is 9.29 Å². The summed E-state index contributed by atoms with van der Waals surface area (Å²) in [6.45, 7) is -2.49. The van der Waals surface area contributed by atoms with Crippen molar-refractivity contribution in [3.8, 4) is 11.5 Å². The Labute approximate surface area is 258 Å². The molecule has 2 fully saturated rings. The fourth-order valence-corrected chi connectivity index (χ4v) is 6.96. The van der Waals surface area contributed by atoms with E-state index in [-0.39, 0.29) is 46.0 Å². The van der Waals surface area contributed by atoms with Crippen LogP contribution in [-0.4, -0.2) is 50.0 Å². The van der Waals surface area contributed by atoms with Crippen LogP contribution in [-0.2, 0) is 26.0 Å². The fraction of sp³-hybridized carbons (Fsp3) is 0.400. The van der Waals surface area contributed by atoms with Crippen LogP contribution >= 0.6 is 23.2 Å². The van der Waals surface area contributed by atoms with E-state index in [0.717, 1.165) is 12.8 Å². The molecule has 13 heteroatoms. The summed E-state index contributed by atoms with van der Waals surface area (Å²) in [5.41, 5.74) is 0.913. The van der Waals surface area contributed by atoms with Gasteiger partial charge in [-0.3, -0.25) is 9.78 Å². The average molecular weight is 656 g/mol. The highest BCUT2D eigenvalue weighted by Crippen LogP contribution is 2.38. The van der Waals surface area contributed by atoms with Crippen molar-refractivity contribution in [2.75, 3.05) is 19.7 Å². The maximum absolute atomic E-state index is 13.6. The van der Waals surface area contributed by atoms with Crippen LogP contribution in [0.2, 0.25) is 10.0 Å². The zero-order chi connectivity index (χ0) is 30.6. The lowest BCUT2D eigenvalue weighted by Crippen LogP contribution is -2.43. The number of rotatable bonds is 12. The number of pyridine rings is 1. The summed E-state index contributed by atoms with van der Waals surface area (Å²) in [6.07, 6.45) is 4.79. The number of carbonyl (C=O) groups excluding carboxylic acids is 1. The topological polar surface area (TPSA) is 95.0 Å². The Balaban J connectivity index is 1.41. The lowest BCUT2D eigenvalue weighted by molar-refractivity contribution is -0.155. The van der Waals surface area contributed by atoms with E-state index in [1.54, 1.807) is 18.2 Å². The molecular formula is C30H30Cl2F2N2O6S. The van der Waals surface area contributed by atoms with E-state index < -0.39 is 34.6 Å². The molecule has 0 radical (unpaired) electrons. The summed E-state index contributed by atoms with van der Waals surface area (Å²) in [5.74, 6) is -1.04. The lowest BCUT2D eigenvalue weighted by Gasteiger charge is -2.32. The number of benzene rings is 2. The third-order valence-corrected chi connectivity index (χ3v) is 9.96. The van der Waals surface area contributed by atoms with Gasteiger partial charge in [0.1, 0.15) is 6.10 Å². The number of carbonyl (C=O) groups is 1. The highest BCUT2D eigenvalue weighted by Gasteiger charge is 2.35. The van der Waals surface area contributed by atoms with Gasteiger partial charge < -0.3 is 14.2 Å². The first kappa shape index (κ1) is 31.4. The first-order valence-corrected chi connectivity index (χ1v) is 16.1. The second-order valence-electron chi connectivity index (χ2n) is 10.6. The molecule has 5 rings (SSSR count). The first-order chi connectivity index (χ1) is 20.6. The minimum atomic E-state index is -3.81. The molecule has 2 aromatic carbocycles. The Morgan fingerprint density at radius 1 is 1.02 bits per heavy atom. The zero-order valence-electron chi connectivity index (χ0n) is 23.0. The third kappa shape index (κ3) is 7.94. The van der Waals surface area contributed by atoms with Crippen LogP contribution in [0.4, 0.5) is 8.78 Å². The SMILES string of the molecule is O=C(OC(Cc1c(Cl)cncc1Cl)c1ccc(OC(F)F)c(OCC2CC2)c1)C1CCCN(S(=O)(=O)c2ccccc2)C1. The molecule has 0 amide bonds. The largest absolute Gasteiger partial charge is 0.489 e. The van der Waals surface area contributed by atoms with Crippen LogP contribution in [0.3, 0.4) is 0 Å². The molecule has 1 saturated carbocycles. The number of ether oxygens (including phenoxy) is 3. The second-order valence-corrected chi connectivity index (χ2v) is 13.3. The van der Waals surface area contributed by atoms with Gasteiger partial charge in [0.15, 0.2) is 11.5 Å². The van der Waals surface area contributed by atoms with Crippen LogP contribution in [0.1, 0.15) is 42.9 Å². The smallest absolute Gasteiger partial charge is 0.387 e. The maximum atomic E-state index is 13.6. The van der Waals surface area contributed by atoms with Gasteiger partial charge in [-0.2, -0.15) is 13.1 Å². The van der Waals surface area contributed by atoms with Gasteiger partial charge in [0.25, 0.3) is 0 Å². The monoisotopic (exact) mass is 654 g/mol. The number of esters is 1. The molecule has 2 aliphatic rings. The molecule has 0 spiro atoms. The van der Waals surface area contributed by atoms with Gasteiger partial charge in [-0.15, -0.1) is 0 Å². The van der Waals surface area contributed by atoms with Gasteiger partial charge in [0.2, 0.25) is 10.0 Å². The quantitative estimate of drug-likeness (QED) is 0.200. The number of nitrogens with zero attached hydrogens (tertiary/aromatic N) is 2. The molecule has 230 valence electrons. The Hall–Kier alpha value is -2.99. The van der Waals surface area contributed by atoms with E-state index in [1.165, 1.54) is 47.0 Å². The van der Waals surface area contributed by atoms with E-state index in [1.807, 2.05) is 0 Å². The number of hydrogen-bond acceptors (Lipinski definition) is 7. The summed E-state index contributed by atoms with van der Waals surface area (Å²) < 4.78 is 70.5. The number of piperidine rings is 1. The van der Waals surface area contributed by atoms with Crippen molar-refractivity contribution in [2.24, 2.45) is 11.8 Å². The average Bonchev–Trinajstić information content (AvgIpc) is 3.83. The molecule has 2 unspecified atom stereocenters. The molecule has 1 aliphatic heterocycles. The Morgan fingerprint density at radius 3 is 2.42 bits per heavy atom. The minimum Gasteiger partial charge on any atom is -0.489 e. The number of halogens is 4. The van der Waals surface area contributed by atoms with Gasteiger partial charge >= 0.3 is 12.6 Å². The number of sulfonamides is 1. The van der Waals surface area contributed by atoms with Gasteiger partial charge in [-0.1, -0.05) is 47.5 Å². The van der Waals surface area contributed by atoms with Gasteiger partial charge in [0.05, 0.1) is 27.5 Å². The first-order valence-electron chi connectivity index (χ1n) is 13.9. The molecule has 1 saturated heterocycles. The van der Waals surface area contributed by atoms with Crippen molar-refractivity contribution >= 4 is 39.2 Å². The van der Waals surface area contributed by atoms with E-state index in [4.69, 9.17) is 32.7 Å². The second kappa shape index (κ2) is 13.8. The fourth-order valence-electron chi connectivity index (χ4n) is 4.90. The molecular weight excluding hydrogens is 625 g/mol. The molecule has 0 N–H and O–H groups in total. The van der Waals surface area contributed by atoms with E-state index in [0.29, 0.717) is 36.5 Å². The van der Waals surface area contributed by atoms with Crippen molar-refractivity contribution in [1.29, 1.82) is 0 Å². The van der Waals surface area contributed by atoms with Crippen LogP contribution in [0.25, 0.3) is 0 Å². The maximum Gasteiger partial charge on any atom is 0.387 e. The molecule has 2 atom stereocenters. The van der Waals surface area contributed by atoms with Gasteiger partial charge in [-0.25, -0.2) is 8.42 Å². The minimum absolute atomic E-state index is 0.0434. The number of alkyl halides is 2. The molecule has 8 nitrogen and oxygen atoms in total. The van der Waals surface area contributed by atoms with Crippen LogP contribution in [0.5, 0.6) is 11.5 Å². The number of hydrogen-bond donors (Lipinski definition) is 0. The van der Waals surface area contributed by atoms with Gasteiger partial charge in [0, 0.05) is 31.9 Å². The number of aromatic nitrogens is 1. The predicted molar refractivity (Wildman–Crippen MR) is 156 cm³/mol. The van der Waals surface area contributed by atoms with E-state index >= 15 is 0 Å². The van der Waals surface area contributed by atoms with Crippen molar-refractivity contribution in [2.45, 2.75) is 49.7 Å². The normalized spacial score (nSPS) is 18.3. The van der Waals surface area contributed by atoms with Crippen molar-refractivity contribution in [3.05, 3.63) is 82.1 Å². The molecule has 3 aromatic rings. The molecule has 1 aliphatic carbocycles. The van der Waals surface area contributed by atoms with Crippen LogP contribution < -0.4 is 9.47 Å². The van der Waals surface area contributed by atoms with E-state index in [2.05, 4.69) is 9.72 Å². The Kier molecular flexibility index (Phi) is 10.1. The van der Waals surface area contributed by atoms with Crippen LogP contribution in [0.15, 0.2) is 65.8 Å². The van der Waals surface area contributed by atoms with Gasteiger partial charge in [-0.05, 0) is 67.0 Å². The highest BCUT2D eigenvalue weighted by atomic mass is 35.5. The summed E-state index contributed by atoms with van der Waals surface area (Å²) >= 11 is 12.8. The summed E-state index contributed by atoms with van der Waals surface area (Å²) in [5, 5.41) is 0.517. The van der Waals surface area contributed by atoms with Crippen LogP contribution in [0, 0.1) is 11.8 Å².